The predicted molar refractivity (Wildman–Crippen MR) is 87.1 cm³/mol. The second-order valence-electron chi connectivity index (χ2n) is 4.92. The summed E-state index contributed by atoms with van der Waals surface area (Å²) in [5.74, 6) is -0.996. The average Bonchev–Trinajstić information content (AvgIpc) is 2.37. The lowest BCUT2D eigenvalue weighted by atomic mass is 10.1. The van der Waals surface area contributed by atoms with Crippen LogP contribution < -0.4 is 0 Å². The van der Waals surface area contributed by atoms with Gasteiger partial charge >= 0.3 is 0 Å². The number of ketones is 1. The third-order valence-corrected chi connectivity index (χ3v) is 5.16. The Morgan fingerprint density at radius 1 is 1.10 bits per heavy atom. The molecule has 0 aromatic heterocycles. The van der Waals surface area contributed by atoms with Gasteiger partial charge in [-0.2, -0.15) is 0 Å². The van der Waals surface area contributed by atoms with Crippen LogP contribution in [0.15, 0.2) is 53.0 Å². The van der Waals surface area contributed by atoms with Crippen molar-refractivity contribution < 1.29 is 13.2 Å². The van der Waals surface area contributed by atoms with E-state index < -0.39 is 21.4 Å². The standard InChI is InChI=1S/C16H15BrO3S/c1-12-5-4-6-13(9-12)10-21(19,20)11-16(18)14-7-2-3-8-15(14)17/h2-9H,10-11H2,1H3. The Balaban J connectivity index is 2.15. The molecule has 0 bridgehead atoms. The molecule has 0 radical (unpaired) electrons. The molecule has 0 saturated carbocycles. The van der Waals surface area contributed by atoms with Crippen molar-refractivity contribution in [3.05, 3.63) is 69.7 Å². The highest BCUT2D eigenvalue weighted by Gasteiger charge is 2.20. The Morgan fingerprint density at radius 2 is 1.81 bits per heavy atom. The molecule has 0 spiro atoms. The molecule has 0 aliphatic heterocycles. The van der Waals surface area contributed by atoms with Gasteiger partial charge in [0.15, 0.2) is 15.6 Å². The molecular formula is C16H15BrO3S. The van der Waals surface area contributed by atoms with Gasteiger partial charge in [0, 0.05) is 10.0 Å². The molecule has 5 heteroatoms. The van der Waals surface area contributed by atoms with E-state index in [0.29, 0.717) is 15.6 Å². The van der Waals surface area contributed by atoms with Gasteiger partial charge in [-0.05, 0) is 18.6 Å². The van der Waals surface area contributed by atoms with E-state index in [1.165, 1.54) is 0 Å². The molecule has 0 aliphatic carbocycles. The fourth-order valence-electron chi connectivity index (χ4n) is 2.07. The van der Waals surface area contributed by atoms with Crippen molar-refractivity contribution in [2.75, 3.05) is 5.75 Å². The van der Waals surface area contributed by atoms with Crippen LogP contribution in [0.25, 0.3) is 0 Å². The van der Waals surface area contributed by atoms with Crippen LogP contribution >= 0.6 is 15.9 Å². The number of hydrogen-bond donors (Lipinski definition) is 0. The molecule has 2 aromatic rings. The molecule has 2 rings (SSSR count). The maximum absolute atomic E-state index is 12.2. The monoisotopic (exact) mass is 366 g/mol. The van der Waals surface area contributed by atoms with Gasteiger partial charge in [-0.3, -0.25) is 4.79 Å². The van der Waals surface area contributed by atoms with Crippen molar-refractivity contribution in [1.82, 2.24) is 0 Å². The lowest BCUT2D eigenvalue weighted by molar-refractivity contribution is 0.102. The lowest BCUT2D eigenvalue weighted by Gasteiger charge is -2.06. The number of rotatable bonds is 5. The fourth-order valence-corrected chi connectivity index (χ4v) is 3.92. The van der Waals surface area contributed by atoms with Gasteiger partial charge in [0.1, 0.15) is 5.75 Å². The van der Waals surface area contributed by atoms with Gasteiger partial charge < -0.3 is 0 Å². The van der Waals surface area contributed by atoms with Crippen LogP contribution in [-0.2, 0) is 15.6 Å². The Hall–Kier alpha value is -1.46. The molecule has 0 heterocycles. The molecule has 3 nitrogen and oxygen atoms in total. The fraction of sp³-hybridized carbons (Fsp3) is 0.188. The largest absolute Gasteiger partial charge is 0.293 e. The van der Waals surface area contributed by atoms with Crippen molar-refractivity contribution in [2.45, 2.75) is 12.7 Å². The number of carbonyl (C=O) groups excluding carboxylic acids is 1. The van der Waals surface area contributed by atoms with Gasteiger partial charge in [-0.25, -0.2) is 8.42 Å². The van der Waals surface area contributed by atoms with Crippen molar-refractivity contribution >= 4 is 31.6 Å². The smallest absolute Gasteiger partial charge is 0.179 e. The summed E-state index contributed by atoms with van der Waals surface area (Å²) < 4.78 is 25.0. The number of carbonyl (C=O) groups is 1. The first-order valence-electron chi connectivity index (χ1n) is 6.41. The molecule has 110 valence electrons. The van der Waals surface area contributed by atoms with Gasteiger partial charge in [0.05, 0.1) is 5.75 Å². The first kappa shape index (κ1) is 15.9. The molecular weight excluding hydrogens is 352 g/mol. The first-order chi connectivity index (χ1) is 9.87. The van der Waals surface area contributed by atoms with Crippen LogP contribution in [0.3, 0.4) is 0 Å². The number of benzene rings is 2. The van der Waals surface area contributed by atoms with E-state index in [0.717, 1.165) is 5.56 Å². The Labute approximate surface area is 133 Å². The SMILES string of the molecule is Cc1cccc(CS(=O)(=O)CC(=O)c2ccccc2Br)c1. The molecule has 0 aliphatic rings. The molecule has 2 aromatic carbocycles. The van der Waals surface area contributed by atoms with E-state index in [2.05, 4.69) is 15.9 Å². The highest BCUT2D eigenvalue weighted by atomic mass is 79.9. The zero-order valence-corrected chi connectivity index (χ0v) is 13.9. The highest BCUT2D eigenvalue weighted by Crippen LogP contribution is 2.18. The molecule has 21 heavy (non-hydrogen) atoms. The number of sulfone groups is 1. The summed E-state index contributed by atoms with van der Waals surface area (Å²) in [6.45, 7) is 1.91. The first-order valence-corrected chi connectivity index (χ1v) is 9.02. The average molecular weight is 367 g/mol. The number of aryl methyl sites for hydroxylation is 1. The molecule has 0 fully saturated rings. The minimum atomic E-state index is -3.49. The summed E-state index contributed by atoms with van der Waals surface area (Å²) in [5, 5.41) is 0. The molecule has 0 amide bonds. The van der Waals surface area contributed by atoms with Crippen LogP contribution in [0.2, 0.25) is 0 Å². The van der Waals surface area contributed by atoms with E-state index in [9.17, 15) is 13.2 Å². The van der Waals surface area contributed by atoms with Gasteiger partial charge in [-0.15, -0.1) is 0 Å². The quantitative estimate of drug-likeness (QED) is 0.760. The van der Waals surface area contributed by atoms with Crippen LogP contribution in [0, 0.1) is 6.92 Å². The van der Waals surface area contributed by atoms with Crippen LogP contribution in [0.5, 0.6) is 0 Å². The number of Topliss-reactive ketones (excluding diaryl/α,β-unsaturated/α-hetero) is 1. The summed E-state index contributed by atoms with van der Waals surface area (Å²) >= 11 is 3.27. The Kier molecular flexibility index (Phi) is 4.96. The van der Waals surface area contributed by atoms with Gasteiger partial charge in [0.25, 0.3) is 0 Å². The zero-order chi connectivity index (χ0) is 15.5. The van der Waals surface area contributed by atoms with Crippen molar-refractivity contribution in [3.63, 3.8) is 0 Å². The highest BCUT2D eigenvalue weighted by molar-refractivity contribution is 9.10. The summed E-state index contributed by atoms with van der Waals surface area (Å²) in [6, 6.07) is 14.1. The van der Waals surface area contributed by atoms with E-state index in [4.69, 9.17) is 0 Å². The van der Waals surface area contributed by atoms with Gasteiger partial charge in [0.2, 0.25) is 0 Å². The van der Waals surface area contributed by atoms with E-state index in [-0.39, 0.29) is 5.75 Å². The molecule has 0 unspecified atom stereocenters. The summed E-state index contributed by atoms with van der Waals surface area (Å²) in [4.78, 5) is 12.1. The Morgan fingerprint density at radius 3 is 2.48 bits per heavy atom. The second-order valence-corrected chi connectivity index (χ2v) is 7.84. The zero-order valence-electron chi connectivity index (χ0n) is 11.5. The van der Waals surface area contributed by atoms with Crippen molar-refractivity contribution in [2.24, 2.45) is 0 Å². The van der Waals surface area contributed by atoms with Gasteiger partial charge in [-0.1, -0.05) is 64.0 Å². The Bertz CT molecular complexity index is 767. The summed E-state index contributed by atoms with van der Waals surface area (Å²) in [6.07, 6.45) is 0. The number of hydrogen-bond acceptors (Lipinski definition) is 3. The molecule has 0 saturated heterocycles. The van der Waals surface area contributed by atoms with Crippen LogP contribution in [0.1, 0.15) is 21.5 Å². The lowest BCUT2D eigenvalue weighted by Crippen LogP contribution is -2.18. The maximum Gasteiger partial charge on any atom is 0.179 e. The maximum atomic E-state index is 12.2. The third kappa shape index (κ3) is 4.51. The van der Waals surface area contributed by atoms with Crippen LogP contribution in [0.4, 0.5) is 0 Å². The number of halogens is 1. The predicted octanol–water partition coefficient (Wildman–Crippen LogP) is 3.56. The summed E-state index contributed by atoms with van der Waals surface area (Å²) in [5.41, 5.74) is 2.10. The normalized spacial score (nSPS) is 11.3. The van der Waals surface area contributed by atoms with Crippen LogP contribution in [-0.4, -0.2) is 20.0 Å². The minimum absolute atomic E-state index is 0.120. The van der Waals surface area contributed by atoms with E-state index >= 15 is 0 Å². The van der Waals surface area contributed by atoms with E-state index in [1.54, 1.807) is 30.3 Å². The summed E-state index contributed by atoms with van der Waals surface area (Å²) in [7, 11) is -3.49. The third-order valence-electron chi connectivity index (χ3n) is 2.99. The van der Waals surface area contributed by atoms with Crippen molar-refractivity contribution in [3.8, 4) is 0 Å². The van der Waals surface area contributed by atoms with Crippen molar-refractivity contribution in [1.29, 1.82) is 0 Å². The molecule has 0 atom stereocenters. The minimum Gasteiger partial charge on any atom is -0.293 e. The molecule has 0 N–H and O–H groups in total. The van der Waals surface area contributed by atoms with E-state index in [1.807, 2.05) is 25.1 Å². The second kappa shape index (κ2) is 6.54. The topological polar surface area (TPSA) is 51.2 Å².